The van der Waals surface area contributed by atoms with E-state index in [4.69, 9.17) is 4.74 Å². The molecule has 3 aliphatic carbocycles. The number of aliphatic hydroxyl groups excluding tert-OH is 1. The fourth-order valence-corrected chi connectivity index (χ4v) is 8.85. The molecular weight excluding hydrogens is 470 g/mol. The van der Waals surface area contributed by atoms with Gasteiger partial charge in [0.05, 0.1) is 11.9 Å². The lowest BCUT2D eigenvalue weighted by Gasteiger charge is -2.61. The SMILES string of the molecule is C=C[C@]1(C)C[C@@H](OC(=O)CSC2CCNCC2)[C@]2(C)[C@H](C)CC[C@]3(CCC(=O)[C@@H]32)[C@@H](C)[C@@H]1O.Cl. The number of Topliss-reactive ketones (excluding diaryl/α,β-unsaturated/α-hetero) is 1. The first-order chi connectivity index (χ1) is 15.6. The number of thioether (sulfide) groups is 1. The zero-order valence-electron chi connectivity index (χ0n) is 21.3. The summed E-state index contributed by atoms with van der Waals surface area (Å²) in [4.78, 5) is 26.6. The van der Waals surface area contributed by atoms with E-state index in [9.17, 15) is 14.7 Å². The molecule has 1 heterocycles. The van der Waals surface area contributed by atoms with Crippen LogP contribution in [0.25, 0.3) is 0 Å². The number of hydrogen-bond acceptors (Lipinski definition) is 6. The Kier molecular flexibility index (Phi) is 8.60. The number of ether oxygens (including phenoxy) is 1. The van der Waals surface area contributed by atoms with E-state index in [1.165, 1.54) is 0 Å². The van der Waals surface area contributed by atoms with E-state index in [0.717, 1.165) is 45.2 Å². The molecule has 0 aromatic carbocycles. The van der Waals surface area contributed by atoms with Crippen molar-refractivity contribution < 1.29 is 19.4 Å². The maximum Gasteiger partial charge on any atom is 0.316 e. The van der Waals surface area contributed by atoms with E-state index in [0.29, 0.717) is 29.6 Å². The Morgan fingerprint density at radius 2 is 1.91 bits per heavy atom. The molecule has 7 heteroatoms. The molecule has 0 aromatic rings. The number of carbonyl (C=O) groups is 2. The van der Waals surface area contributed by atoms with Crippen molar-refractivity contribution in [3.63, 3.8) is 0 Å². The Bertz CT molecular complexity index is 789. The van der Waals surface area contributed by atoms with E-state index in [2.05, 4.69) is 32.7 Å². The lowest BCUT2D eigenvalue weighted by Crippen LogP contribution is -2.63. The van der Waals surface area contributed by atoms with Crippen LogP contribution in [0.2, 0.25) is 0 Å². The van der Waals surface area contributed by atoms with Gasteiger partial charge in [0, 0.05) is 28.4 Å². The second kappa shape index (κ2) is 10.4. The molecule has 2 bridgehead atoms. The Morgan fingerprint density at radius 3 is 2.56 bits per heavy atom. The summed E-state index contributed by atoms with van der Waals surface area (Å²) in [5, 5.41) is 15.4. The topological polar surface area (TPSA) is 75.6 Å². The molecule has 34 heavy (non-hydrogen) atoms. The van der Waals surface area contributed by atoms with Gasteiger partial charge in [0.15, 0.2) is 0 Å². The van der Waals surface area contributed by atoms with Crippen LogP contribution in [0.5, 0.6) is 0 Å². The van der Waals surface area contributed by atoms with Crippen molar-refractivity contribution in [3.05, 3.63) is 12.7 Å². The van der Waals surface area contributed by atoms with Crippen LogP contribution in [0.3, 0.4) is 0 Å². The van der Waals surface area contributed by atoms with Crippen LogP contribution in [0, 0.1) is 34.0 Å². The minimum Gasteiger partial charge on any atom is -0.461 e. The molecule has 4 fully saturated rings. The molecule has 1 saturated heterocycles. The summed E-state index contributed by atoms with van der Waals surface area (Å²) in [7, 11) is 0. The number of esters is 1. The predicted octanol–water partition coefficient (Wildman–Crippen LogP) is 4.80. The number of hydrogen-bond donors (Lipinski definition) is 2. The van der Waals surface area contributed by atoms with E-state index < -0.39 is 23.0 Å². The number of carbonyl (C=O) groups excluding carboxylic acids is 2. The molecule has 1 aliphatic heterocycles. The third kappa shape index (κ3) is 4.50. The van der Waals surface area contributed by atoms with Gasteiger partial charge in [0.25, 0.3) is 0 Å². The number of rotatable bonds is 5. The molecule has 0 unspecified atom stereocenters. The summed E-state index contributed by atoms with van der Waals surface area (Å²) >= 11 is 1.70. The maximum absolute atomic E-state index is 13.4. The zero-order chi connectivity index (χ0) is 24.0. The number of halogens is 1. The van der Waals surface area contributed by atoms with E-state index in [1.54, 1.807) is 11.8 Å². The Labute approximate surface area is 216 Å². The summed E-state index contributed by atoms with van der Waals surface area (Å²) in [6.45, 7) is 14.7. The van der Waals surface area contributed by atoms with E-state index in [1.807, 2.05) is 13.0 Å². The van der Waals surface area contributed by atoms with Gasteiger partial charge in [-0.15, -0.1) is 30.7 Å². The average molecular weight is 514 g/mol. The van der Waals surface area contributed by atoms with Gasteiger partial charge < -0.3 is 15.2 Å². The van der Waals surface area contributed by atoms with Crippen molar-refractivity contribution in [2.24, 2.45) is 34.0 Å². The monoisotopic (exact) mass is 513 g/mol. The smallest absolute Gasteiger partial charge is 0.316 e. The summed E-state index contributed by atoms with van der Waals surface area (Å²) < 4.78 is 6.32. The first-order valence-electron chi connectivity index (χ1n) is 12.9. The van der Waals surface area contributed by atoms with Gasteiger partial charge in [-0.3, -0.25) is 9.59 Å². The summed E-state index contributed by atoms with van der Waals surface area (Å²) in [5.74, 6) is 0.560. The normalized spacial score (nSPS) is 44.9. The highest BCUT2D eigenvalue weighted by Crippen LogP contribution is 2.68. The Hall–Kier alpha value is -0.560. The molecule has 194 valence electrons. The van der Waals surface area contributed by atoms with Crippen molar-refractivity contribution in [2.75, 3.05) is 18.8 Å². The second-order valence-corrected chi connectivity index (χ2v) is 13.1. The summed E-state index contributed by atoms with van der Waals surface area (Å²) in [6.07, 6.45) is 6.84. The molecule has 0 amide bonds. The Balaban J connectivity index is 0.00000324. The lowest BCUT2D eigenvalue weighted by molar-refractivity contribution is -0.205. The lowest BCUT2D eigenvalue weighted by atomic mass is 9.44. The van der Waals surface area contributed by atoms with Gasteiger partial charge in [0.2, 0.25) is 0 Å². The van der Waals surface area contributed by atoms with Gasteiger partial charge >= 0.3 is 5.97 Å². The molecule has 4 aliphatic rings. The quantitative estimate of drug-likeness (QED) is 0.406. The number of nitrogens with one attached hydrogen (secondary N) is 1. The highest BCUT2D eigenvalue weighted by molar-refractivity contribution is 8.00. The Morgan fingerprint density at radius 1 is 1.24 bits per heavy atom. The first kappa shape index (κ1) is 28.0. The number of aliphatic hydroxyl groups is 1. The van der Waals surface area contributed by atoms with Crippen LogP contribution in [0.4, 0.5) is 0 Å². The molecule has 4 rings (SSSR count). The van der Waals surface area contributed by atoms with Crippen molar-refractivity contribution in [1.82, 2.24) is 5.32 Å². The minimum atomic E-state index is -0.619. The van der Waals surface area contributed by atoms with E-state index >= 15 is 0 Å². The third-order valence-corrected chi connectivity index (χ3v) is 11.6. The van der Waals surface area contributed by atoms with Crippen LogP contribution in [0.15, 0.2) is 12.7 Å². The van der Waals surface area contributed by atoms with Gasteiger partial charge in [-0.1, -0.05) is 33.8 Å². The minimum absolute atomic E-state index is 0. The molecular formula is C27H44ClNO4S. The van der Waals surface area contributed by atoms with Gasteiger partial charge in [-0.2, -0.15) is 0 Å². The van der Waals surface area contributed by atoms with Crippen LogP contribution in [0.1, 0.15) is 72.6 Å². The predicted molar refractivity (Wildman–Crippen MR) is 140 cm³/mol. The van der Waals surface area contributed by atoms with Crippen LogP contribution in [-0.4, -0.2) is 53.2 Å². The number of ketones is 1. The highest BCUT2D eigenvalue weighted by Gasteiger charge is 2.68. The average Bonchev–Trinajstić information content (AvgIpc) is 3.17. The van der Waals surface area contributed by atoms with Gasteiger partial charge in [-0.25, -0.2) is 0 Å². The molecule has 0 radical (unpaired) electrons. The van der Waals surface area contributed by atoms with Crippen LogP contribution in [-0.2, 0) is 14.3 Å². The molecule has 3 saturated carbocycles. The number of piperidine rings is 1. The van der Waals surface area contributed by atoms with Crippen LogP contribution >= 0.6 is 24.2 Å². The van der Waals surface area contributed by atoms with Crippen molar-refractivity contribution in [2.45, 2.75) is 90.1 Å². The fourth-order valence-electron chi connectivity index (χ4n) is 7.84. The molecule has 5 nitrogen and oxygen atoms in total. The van der Waals surface area contributed by atoms with Crippen LogP contribution < -0.4 is 5.32 Å². The molecule has 0 aromatic heterocycles. The zero-order valence-corrected chi connectivity index (χ0v) is 22.9. The standard InChI is InChI=1S/C27H43NO4S.ClH/c1-6-25(4)15-21(32-22(30)16-33-19-9-13-28-14-10-19)26(5)17(2)7-11-27(18(3)24(25)31)12-8-20(29)23(26)27;/h6,17-19,21,23-24,28,31H,1,7-16H2,2-5H3;1H/t17-,18+,21-,23-,24+,25-,26+,27+;/m1./s1. The third-order valence-electron chi connectivity index (χ3n) is 10.3. The molecule has 2 N–H and O–H groups in total. The molecule has 0 spiro atoms. The van der Waals surface area contributed by atoms with E-state index in [-0.39, 0.29) is 41.5 Å². The van der Waals surface area contributed by atoms with Gasteiger partial charge in [0.1, 0.15) is 11.9 Å². The van der Waals surface area contributed by atoms with Crippen molar-refractivity contribution in [3.8, 4) is 0 Å². The summed E-state index contributed by atoms with van der Waals surface area (Å²) in [5.41, 5.74) is -1.23. The first-order valence-corrected chi connectivity index (χ1v) is 14.0. The van der Waals surface area contributed by atoms with Crippen molar-refractivity contribution >= 4 is 35.9 Å². The van der Waals surface area contributed by atoms with Crippen molar-refractivity contribution in [1.29, 1.82) is 0 Å². The molecule has 8 atom stereocenters. The maximum atomic E-state index is 13.4. The largest absolute Gasteiger partial charge is 0.461 e. The summed E-state index contributed by atoms with van der Waals surface area (Å²) in [6, 6.07) is 0. The highest BCUT2D eigenvalue weighted by atomic mass is 35.5. The second-order valence-electron chi connectivity index (χ2n) is 11.8. The van der Waals surface area contributed by atoms with Gasteiger partial charge in [-0.05, 0) is 68.9 Å². The fraction of sp³-hybridized carbons (Fsp3) is 0.852.